The van der Waals surface area contributed by atoms with Crippen molar-refractivity contribution in [3.8, 4) is 0 Å². The van der Waals surface area contributed by atoms with E-state index in [1.807, 2.05) is 27.7 Å². The molecule has 0 bridgehead atoms. The molecule has 1 aromatic rings. The Hall–Kier alpha value is -0.865. The standard InChI is InChI=1S/C14H20BNO2/c1-13(2)14(3,4)18-15(17-13)12-7-11(8-16-9-12)10-5-6-10/h7-10H,5-6H2,1-4H3/i5D2,6D2,10D. The van der Waals surface area contributed by atoms with Crippen LogP contribution in [0.25, 0.3) is 0 Å². The predicted molar refractivity (Wildman–Crippen MR) is 71.9 cm³/mol. The molecule has 1 aliphatic carbocycles. The molecule has 0 spiro atoms. The number of nitrogens with zero attached hydrogens (tertiary/aromatic N) is 1. The highest BCUT2D eigenvalue weighted by Gasteiger charge is 2.51. The summed E-state index contributed by atoms with van der Waals surface area (Å²) in [5, 5.41) is 0. The third-order valence-corrected chi connectivity index (χ3v) is 3.82. The second-order valence-electron chi connectivity index (χ2n) is 5.72. The molecule has 0 N–H and O–H groups in total. The smallest absolute Gasteiger partial charge is 0.399 e. The lowest BCUT2D eigenvalue weighted by Gasteiger charge is -2.32. The van der Waals surface area contributed by atoms with Crippen molar-refractivity contribution in [2.24, 2.45) is 0 Å². The summed E-state index contributed by atoms with van der Waals surface area (Å²) < 4.78 is 51.2. The summed E-state index contributed by atoms with van der Waals surface area (Å²) in [5.74, 6) is -1.97. The van der Waals surface area contributed by atoms with Gasteiger partial charge in [0.1, 0.15) is 0 Å². The average Bonchev–Trinajstić information content (AvgIpc) is 2.63. The summed E-state index contributed by atoms with van der Waals surface area (Å²) in [4.78, 5) is 4.05. The SMILES string of the molecule is [2H]C1([2H])C([2H])([2H])C1([2H])c1cncc(B2OC(C)(C)C(C)(C)O2)c1. The maximum atomic E-state index is 8.24. The number of aromatic nitrogens is 1. The number of hydrogen-bond donors (Lipinski definition) is 0. The van der Waals surface area contributed by atoms with E-state index in [2.05, 4.69) is 4.98 Å². The van der Waals surface area contributed by atoms with E-state index in [1.165, 1.54) is 6.20 Å². The van der Waals surface area contributed by atoms with Gasteiger partial charge in [-0.05, 0) is 51.9 Å². The van der Waals surface area contributed by atoms with Crippen LogP contribution in [0.2, 0.25) is 0 Å². The van der Waals surface area contributed by atoms with Gasteiger partial charge in [-0.25, -0.2) is 0 Å². The van der Waals surface area contributed by atoms with Crippen molar-refractivity contribution in [2.45, 2.75) is 57.5 Å². The molecule has 1 saturated heterocycles. The minimum absolute atomic E-state index is 0.194. The molecule has 3 rings (SSSR count). The third kappa shape index (κ3) is 1.97. The molecule has 1 aromatic heterocycles. The third-order valence-electron chi connectivity index (χ3n) is 3.82. The molecule has 4 heteroatoms. The number of rotatable bonds is 2. The Labute approximate surface area is 116 Å². The Bertz CT molecular complexity index is 634. The normalized spacial score (nSPS) is 36.9. The van der Waals surface area contributed by atoms with Crippen molar-refractivity contribution in [1.82, 2.24) is 4.98 Å². The molecule has 2 fully saturated rings. The maximum Gasteiger partial charge on any atom is 0.496 e. The molecular formula is C14H20BNO2. The van der Waals surface area contributed by atoms with Crippen molar-refractivity contribution >= 4 is 12.6 Å². The summed E-state index contributed by atoms with van der Waals surface area (Å²) in [6.07, 6.45) is -1.63. The molecule has 2 aliphatic rings. The monoisotopic (exact) mass is 250 g/mol. The van der Waals surface area contributed by atoms with Crippen LogP contribution in [0.1, 0.15) is 58.8 Å². The highest BCUT2D eigenvalue weighted by Crippen LogP contribution is 2.40. The Morgan fingerprint density at radius 3 is 2.44 bits per heavy atom. The Morgan fingerprint density at radius 2 is 1.89 bits per heavy atom. The van der Waals surface area contributed by atoms with Crippen LogP contribution in [0.4, 0.5) is 0 Å². The van der Waals surface area contributed by atoms with Gasteiger partial charge in [0, 0.05) is 24.7 Å². The van der Waals surface area contributed by atoms with Crippen molar-refractivity contribution in [3.63, 3.8) is 0 Å². The van der Waals surface area contributed by atoms with Gasteiger partial charge in [-0.2, -0.15) is 0 Å². The van der Waals surface area contributed by atoms with E-state index in [0.29, 0.717) is 5.46 Å². The Morgan fingerprint density at radius 1 is 1.28 bits per heavy atom. The lowest BCUT2D eigenvalue weighted by molar-refractivity contribution is 0.00578. The molecule has 1 saturated carbocycles. The lowest BCUT2D eigenvalue weighted by atomic mass is 9.79. The van der Waals surface area contributed by atoms with Crippen LogP contribution in [0.5, 0.6) is 0 Å². The molecule has 96 valence electrons. The Balaban J connectivity index is 1.95. The van der Waals surface area contributed by atoms with Gasteiger partial charge >= 0.3 is 7.12 Å². The first-order valence-corrected chi connectivity index (χ1v) is 6.09. The van der Waals surface area contributed by atoms with Gasteiger partial charge in [0.2, 0.25) is 0 Å². The summed E-state index contributed by atoms with van der Waals surface area (Å²) in [7, 11) is -0.675. The molecular weight excluding hydrogens is 225 g/mol. The first-order chi connectivity index (χ1) is 10.3. The fourth-order valence-electron chi connectivity index (χ4n) is 1.88. The second kappa shape index (κ2) is 3.81. The van der Waals surface area contributed by atoms with Gasteiger partial charge in [0.25, 0.3) is 0 Å². The number of hydrogen-bond acceptors (Lipinski definition) is 3. The first-order valence-electron chi connectivity index (χ1n) is 8.59. The van der Waals surface area contributed by atoms with Gasteiger partial charge in [-0.15, -0.1) is 0 Å². The quantitative estimate of drug-likeness (QED) is 0.754. The zero-order valence-corrected chi connectivity index (χ0v) is 11.1. The molecule has 0 unspecified atom stereocenters. The summed E-state index contributed by atoms with van der Waals surface area (Å²) >= 11 is 0. The zero-order chi connectivity index (χ0) is 17.5. The Kier molecular flexibility index (Phi) is 1.62. The van der Waals surface area contributed by atoms with Crippen LogP contribution in [0, 0.1) is 0 Å². The van der Waals surface area contributed by atoms with Gasteiger partial charge < -0.3 is 9.31 Å². The molecule has 1 aliphatic heterocycles. The van der Waals surface area contributed by atoms with Crippen LogP contribution >= 0.6 is 0 Å². The second-order valence-corrected chi connectivity index (χ2v) is 5.72. The van der Waals surface area contributed by atoms with E-state index in [4.69, 9.17) is 16.2 Å². The molecule has 0 amide bonds. The van der Waals surface area contributed by atoms with Gasteiger partial charge in [-0.3, -0.25) is 4.98 Å². The van der Waals surface area contributed by atoms with Gasteiger partial charge in [0.15, 0.2) is 0 Å². The molecule has 0 atom stereocenters. The van der Waals surface area contributed by atoms with Gasteiger partial charge in [-0.1, -0.05) is 6.07 Å². The molecule has 0 radical (unpaired) electrons. The van der Waals surface area contributed by atoms with Gasteiger partial charge in [0.05, 0.1) is 11.2 Å². The minimum Gasteiger partial charge on any atom is -0.399 e. The van der Waals surface area contributed by atoms with Crippen molar-refractivity contribution < 1.29 is 16.2 Å². The van der Waals surface area contributed by atoms with Crippen LogP contribution < -0.4 is 5.46 Å². The minimum atomic E-state index is -2.25. The van der Waals surface area contributed by atoms with Crippen LogP contribution in [0.15, 0.2) is 18.5 Å². The fraction of sp³-hybridized carbons (Fsp3) is 0.643. The maximum absolute atomic E-state index is 8.24. The van der Waals surface area contributed by atoms with Crippen molar-refractivity contribution in [3.05, 3.63) is 24.0 Å². The zero-order valence-electron chi connectivity index (χ0n) is 16.1. The fourth-order valence-corrected chi connectivity index (χ4v) is 1.88. The predicted octanol–water partition coefficient (Wildman–Crippen LogP) is 2.26. The molecule has 18 heavy (non-hydrogen) atoms. The topological polar surface area (TPSA) is 31.4 Å². The van der Waals surface area contributed by atoms with E-state index >= 15 is 0 Å². The van der Waals surface area contributed by atoms with Crippen LogP contribution in [-0.2, 0) is 9.31 Å². The average molecular weight is 250 g/mol. The summed E-state index contributed by atoms with van der Waals surface area (Å²) in [5.41, 5.74) is -0.282. The summed E-state index contributed by atoms with van der Waals surface area (Å²) in [6, 6.07) is 1.56. The molecule has 0 aromatic carbocycles. The van der Waals surface area contributed by atoms with E-state index in [0.717, 1.165) is 0 Å². The van der Waals surface area contributed by atoms with E-state index < -0.39 is 37.0 Å². The largest absolute Gasteiger partial charge is 0.496 e. The van der Waals surface area contributed by atoms with Crippen LogP contribution in [-0.4, -0.2) is 23.3 Å². The summed E-state index contributed by atoms with van der Waals surface area (Å²) in [6.45, 7) is 7.70. The highest BCUT2D eigenvalue weighted by atomic mass is 16.7. The highest BCUT2D eigenvalue weighted by molar-refractivity contribution is 6.62. The number of pyridine rings is 1. The molecule has 3 nitrogen and oxygen atoms in total. The van der Waals surface area contributed by atoms with E-state index in [1.54, 1.807) is 12.3 Å². The van der Waals surface area contributed by atoms with E-state index in [9.17, 15) is 0 Å². The lowest BCUT2D eigenvalue weighted by Crippen LogP contribution is -2.41. The van der Waals surface area contributed by atoms with Crippen molar-refractivity contribution in [2.75, 3.05) is 0 Å². The molecule has 2 heterocycles. The van der Waals surface area contributed by atoms with Crippen LogP contribution in [0.3, 0.4) is 0 Å². The van der Waals surface area contributed by atoms with E-state index in [-0.39, 0.29) is 5.56 Å². The van der Waals surface area contributed by atoms with Crippen molar-refractivity contribution in [1.29, 1.82) is 0 Å². The first kappa shape index (κ1) is 7.66.